The number of aryl methyl sites for hydroxylation is 1. The van der Waals surface area contributed by atoms with Gasteiger partial charge in [0.25, 0.3) is 0 Å². The van der Waals surface area contributed by atoms with Crippen LogP contribution in [0.1, 0.15) is 44.2 Å². The van der Waals surface area contributed by atoms with Gasteiger partial charge >= 0.3 is 6.09 Å². The van der Waals surface area contributed by atoms with E-state index in [9.17, 15) is 23.1 Å². The van der Waals surface area contributed by atoms with Crippen LogP contribution in [0.25, 0.3) is 10.2 Å². The van der Waals surface area contributed by atoms with E-state index in [2.05, 4.69) is 15.6 Å². The van der Waals surface area contributed by atoms with E-state index >= 15 is 0 Å². The Labute approximate surface area is 285 Å². The lowest BCUT2D eigenvalue weighted by Gasteiger charge is -2.31. The van der Waals surface area contributed by atoms with E-state index in [0.717, 1.165) is 15.8 Å². The van der Waals surface area contributed by atoms with Gasteiger partial charge in [0.2, 0.25) is 15.9 Å². The molecule has 0 radical (unpaired) electrons. The Balaban J connectivity index is 1.57. The van der Waals surface area contributed by atoms with Crippen LogP contribution in [0.3, 0.4) is 0 Å². The molecule has 0 spiro atoms. The Morgan fingerprint density at radius 3 is 2.45 bits per heavy atom. The summed E-state index contributed by atoms with van der Waals surface area (Å²) in [4.78, 5) is 30.1. The number of sulfonamides is 1. The molecule has 0 saturated heterocycles. The second-order valence-electron chi connectivity index (χ2n) is 11.6. The van der Waals surface area contributed by atoms with Crippen LogP contribution < -0.4 is 10.6 Å². The minimum absolute atomic E-state index is 0.136. The van der Waals surface area contributed by atoms with E-state index in [1.165, 1.54) is 22.8 Å². The molecule has 10 nitrogen and oxygen atoms in total. The maximum atomic E-state index is 14.1. The average molecular weight is 701 g/mol. The second kappa shape index (κ2) is 17.0. The van der Waals surface area contributed by atoms with Crippen molar-refractivity contribution in [1.29, 1.82) is 0 Å². The van der Waals surface area contributed by atoms with Crippen molar-refractivity contribution in [3.05, 3.63) is 88.4 Å². The molecule has 47 heavy (non-hydrogen) atoms. The van der Waals surface area contributed by atoms with Crippen LogP contribution in [0.2, 0.25) is 5.02 Å². The van der Waals surface area contributed by atoms with Gasteiger partial charge < -0.3 is 20.5 Å². The molecule has 0 aliphatic carbocycles. The number of carbonyl (C=O) groups is 2. The Hall–Kier alpha value is -3.55. The molecule has 3 aromatic carbocycles. The number of ether oxygens (including phenoxy) is 1. The molecule has 2 amide bonds. The molecule has 252 valence electrons. The fraction of sp³-hybridized carbons (Fsp3) is 0.382. The number of nitrogens with zero attached hydrogens (tertiary/aromatic N) is 2. The summed E-state index contributed by atoms with van der Waals surface area (Å²) in [5.74, 6) is -0.200. The fourth-order valence-corrected chi connectivity index (χ4v) is 8.02. The first-order chi connectivity index (χ1) is 22.5. The van der Waals surface area contributed by atoms with Gasteiger partial charge in [-0.3, -0.25) is 4.79 Å². The first-order valence-corrected chi connectivity index (χ1v) is 18.2. The zero-order valence-electron chi connectivity index (χ0n) is 26.7. The van der Waals surface area contributed by atoms with Crippen LogP contribution >= 0.6 is 22.9 Å². The van der Waals surface area contributed by atoms with Crippen molar-refractivity contribution < 1.29 is 27.9 Å². The number of methoxy groups -OCH3 is 1. The van der Waals surface area contributed by atoms with Crippen LogP contribution in [0.5, 0.6) is 0 Å². The molecule has 2 atom stereocenters. The Bertz CT molecular complexity index is 1760. The maximum absolute atomic E-state index is 14.1. The molecule has 1 heterocycles. The zero-order valence-corrected chi connectivity index (χ0v) is 29.1. The summed E-state index contributed by atoms with van der Waals surface area (Å²) in [6, 6.07) is 17.8. The van der Waals surface area contributed by atoms with E-state index in [-0.39, 0.29) is 30.3 Å². The fourth-order valence-electron chi connectivity index (χ4n) is 5.29. The minimum Gasteiger partial charge on any atom is -0.453 e. The number of benzene rings is 3. The first kappa shape index (κ1) is 36.3. The predicted molar refractivity (Wildman–Crippen MR) is 186 cm³/mol. The first-order valence-electron chi connectivity index (χ1n) is 15.5. The number of alkyl carbamates (subject to hydrolysis) is 1. The standard InChI is InChI=1S/C34H41ClN4O6S2/c1-23(2)16-18-39(47(43,44)27-14-15-30-32(21-27)46-22-36-30)26(17-19-40)13-12-24-8-5-7-11-29(24)37-33(41)31(38-34(42)45-3)20-25-9-4-6-10-28(25)35/h4-11,14-15,21-23,26,31,40H,12-13,16-20H2,1-3H3,(H,37,41)(H,38,42)/t26-,31-/m0/s1. The third-order valence-electron chi connectivity index (χ3n) is 7.90. The van der Waals surface area contributed by atoms with Gasteiger partial charge in [-0.15, -0.1) is 11.3 Å². The highest BCUT2D eigenvalue weighted by atomic mass is 35.5. The molecule has 0 fully saturated rings. The van der Waals surface area contributed by atoms with Gasteiger partial charge in [-0.1, -0.05) is 61.8 Å². The molecule has 4 rings (SSSR count). The van der Waals surface area contributed by atoms with Crippen LogP contribution in [-0.2, 0) is 32.4 Å². The molecule has 0 aliphatic rings. The third-order valence-corrected chi connectivity index (χ3v) is 11.0. The van der Waals surface area contributed by atoms with E-state index in [1.807, 2.05) is 26.0 Å². The molecular weight excluding hydrogens is 660 g/mol. The molecule has 4 aromatic rings. The van der Waals surface area contributed by atoms with Gasteiger partial charge in [0.1, 0.15) is 6.04 Å². The van der Waals surface area contributed by atoms with Crippen LogP contribution in [0, 0.1) is 5.92 Å². The highest BCUT2D eigenvalue weighted by molar-refractivity contribution is 7.89. The average Bonchev–Trinajstić information content (AvgIpc) is 3.53. The summed E-state index contributed by atoms with van der Waals surface area (Å²) in [6.07, 6.45) is 1.10. The number of hydrogen-bond acceptors (Lipinski definition) is 8. The van der Waals surface area contributed by atoms with Crippen molar-refractivity contribution in [2.24, 2.45) is 5.92 Å². The van der Waals surface area contributed by atoms with Crippen LogP contribution in [-0.4, -0.2) is 67.2 Å². The van der Waals surface area contributed by atoms with Gasteiger partial charge in [-0.05, 0) is 73.1 Å². The summed E-state index contributed by atoms with van der Waals surface area (Å²) >= 11 is 7.72. The van der Waals surface area contributed by atoms with Crippen molar-refractivity contribution in [2.75, 3.05) is 25.6 Å². The second-order valence-corrected chi connectivity index (χ2v) is 14.8. The number of carbonyl (C=O) groups excluding carboxylic acids is 2. The van der Waals surface area contributed by atoms with Crippen LogP contribution in [0.15, 0.2) is 77.1 Å². The summed E-state index contributed by atoms with van der Waals surface area (Å²) < 4.78 is 35.3. The number of amides is 2. The van der Waals surface area contributed by atoms with Gasteiger partial charge in [0.15, 0.2) is 0 Å². The number of anilines is 1. The van der Waals surface area contributed by atoms with Crippen molar-refractivity contribution >= 4 is 60.9 Å². The van der Waals surface area contributed by atoms with Crippen molar-refractivity contribution in [1.82, 2.24) is 14.6 Å². The molecule has 1 aromatic heterocycles. The largest absolute Gasteiger partial charge is 0.453 e. The molecular formula is C34H41ClN4O6S2. The molecule has 0 aliphatic heterocycles. The normalized spacial score (nSPS) is 13.1. The quantitative estimate of drug-likeness (QED) is 0.125. The van der Waals surface area contributed by atoms with E-state index in [4.69, 9.17) is 16.3 Å². The number of hydrogen-bond donors (Lipinski definition) is 3. The number of nitrogens with one attached hydrogen (secondary N) is 2. The lowest BCUT2D eigenvalue weighted by molar-refractivity contribution is -0.118. The lowest BCUT2D eigenvalue weighted by Crippen LogP contribution is -2.45. The summed E-state index contributed by atoms with van der Waals surface area (Å²) in [7, 11) is -2.69. The monoisotopic (exact) mass is 700 g/mol. The van der Waals surface area contributed by atoms with E-state index < -0.39 is 34.1 Å². The van der Waals surface area contributed by atoms with Crippen LogP contribution in [0.4, 0.5) is 10.5 Å². The lowest BCUT2D eigenvalue weighted by atomic mass is 10.0. The van der Waals surface area contributed by atoms with E-state index in [0.29, 0.717) is 42.1 Å². The number of fused-ring (bicyclic) bond motifs is 1. The topological polar surface area (TPSA) is 138 Å². The minimum atomic E-state index is -3.91. The number of aliphatic hydroxyl groups excluding tert-OH is 1. The maximum Gasteiger partial charge on any atom is 0.407 e. The SMILES string of the molecule is COC(=O)N[C@@H](Cc1ccccc1Cl)C(=O)Nc1ccccc1CC[C@@H](CCO)N(CCC(C)C)S(=O)(=O)c1ccc2ncsc2c1. The molecule has 3 N–H and O–H groups in total. The van der Waals surface area contributed by atoms with Crippen molar-refractivity contribution in [2.45, 2.75) is 62.9 Å². The highest BCUT2D eigenvalue weighted by Crippen LogP contribution is 2.29. The summed E-state index contributed by atoms with van der Waals surface area (Å²) in [5, 5.41) is 16.0. The Kier molecular flexibility index (Phi) is 13.1. The van der Waals surface area contributed by atoms with Gasteiger partial charge in [0, 0.05) is 36.3 Å². The highest BCUT2D eigenvalue weighted by Gasteiger charge is 2.32. The Morgan fingerprint density at radius 2 is 1.74 bits per heavy atom. The number of rotatable bonds is 16. The number of halogens is 1. The van der Waals surface area contributed by atoms with E-state index in [1.54, 1.807) is 60.1 Å². The zero-order chi connectivity index (χ0) is 34.0. The van der Waals surface area contributed by atoms with Gasteiger partial charge in [-0.2, -0.15) is 4.31 Å². The third kappa shape index (κ3) is 9.74. The number of aliphatic hydroxyl groups is 1. The molecule has 0 saturated carbocycles. The number of para-hydroxylation sites is 1. The summed E-state index contributed by atoms with van der Waals surface area (Å²) in [5.41, 5.74) is 4.42. The van der Waals surface area contributed by atoms with Gasteiger partial charge in [0.05, 0.1) is 27.7 Å². The predicted octanol–water partition coefficient (Wildman–Crippen LogP) is 6.28. The smallest absolute Gasteiger partial charge is 0.407 e. The summed E-state index contributed by atoms with van der Waals surface area (Å²) in [6.45, 7) is 4.20. The van der Waals surface area contributed by atoms with Crippen molar-refractivity contribution in [3.63, 3.8) is 0 Å². The Morgan fingerprint density at radius 1 is 1.02 bits per heavy atom. The molecule has 13 heteroatoms. The molecule has 0 unspecified atom stereocenters. The number of thiazole rings is 1. The van der Waals surface area contributed by atoms with Crippen molar-refractivity contribution in [3.8, 4) is 0 Å². The number of aromatic nitrogens is 1. The molecule has 0 bridgehead atoms. The van der Waals surface area contributed by atoms with Gasteiger partial charge in [-0.25, -0.2) is 18.2 Å².